The van der Waals surface area contributed by atoms with Crippen molar-refractivity contribution >= 4 is 27.0 Å². The van der Waals surface area contributed by atoms with Crippen LogP contribution in [0, 0.1) is 0 Å². The van der Waals surface area contributed by atoms with Gasteiger partial charge >= 0.3 is 0 Å². The van der Waals surface area contributed by atoms with Crippen LogP contribution in [0.15, 0.2) is 22.7 Å². The summed E-state index contributed by atoms with van der Waals surface area (Å²) in [6.45, 7) is 3.41. The first-order chi connectivity index (χ1) is 9.17. The molecule has 0 bridgehead atoms. The fourth-order valence-electron chi connectivity index (χ4n) is 3.25. The standard InChI is InChI=1S/C15H18BrN3/c1-15(7-2-8-17-15)14-18-12-9-10(16)3-6-13(12)19(14)11-4-5-11/h3,6,9,11,17H,2,4-5,7-8H2,1H3. The second-order valence-corrected chi connectivity index (χ2v) is 6.95. The quantitative estimate of drug-likeness (QED) is 0.914. The van der Waals surface area contributed by atoms with Gasteiger partial charge in [0.05, 0.1) is 16.6 Å². The van der Waals surface area contributed by atoms with Crippen LogP contribution in [0.1, 0.15) is 44.5 Å². The van der Waals surface area contributed by atoms with E-state index in [1.165, 1.54) is 37.0 Å². The van der Waals surface area contributed by atoms with Gasteiger partial charge in [0.1, 0.15) is 5.82 Å². The Morgan fingerprint density at radius 3 is 2.95 bits per heavy atom. The van der Waals surface area contributed by atoms with Crippen molar-refractivity contribution in [2.24, 2.45) is 0 Å². The summed E-state index contributed by atoms with van der Waals surface area (Å²) in [5, 5.41) is 3.65. The summed E-state index contributed by atoms with van der Waals surface area (Å²) in [6.07, 6.45) is 5.02. The van der Waals surface area contributed by atoms with Gasteiger partial charge in [0.25, 0.3) is 0 Å². The topological polar surface area (TPSA) is 29.9 Å². The zero-order valence-electron chi connectivity index (χ0n) is 11.1. The number of aromatic nitrogens is 2. The lowest BCUT2D eigenvalue weighted by atomic mass is 9.99. The van der Waals surface area contributed by atoms with Crippen LogP contribution in [0.5, 0.6) is 0 Å². The van der Waals surface area contributed by atoms with Gasteiger partial charge in [0.15, 0.2) is 0 Å². The molecule has 3 nitrogen and oxygen atoms in total. The molecule has 1 saturated heterocycles. The molecule has 1 saturated carbocycles. The average Bonchev–Trinajstić information content (AvgIpc) is 3.01. The smallest absolute Gasteiger partial charge is 0.130 e. The van der Waals surface area contributed by atoms with Gasteiger partial charge in [-0.2, -0.15) is 0 Å². The molecule has 1 unspecified atom stereocenters. The Morgan fingerprint density at radius 2 is 2.26 bits per heavy atom. The lowest BCUT2D eigenvalue weighted by Gasteiger charge is -2.25. The van der Waals surface area contributed by atoms with Crippen molar-refractivity contribution in [1.82, 2.24) is 14.9 Å². The number of hydrogen-bond acceptors (Lipinski definition) is 2. The van der Waals surface area contributed by atoms with Crippen molar-refractivity contribution < 1.29 is 0 Å². The normalized spacial score (nSPS) is 27.3. The number of halogens is 1. The predicted octanol–water partition coefficient (Wildman–Crippen LogP) is 3.73. The van der Waals surface area contributed by atoms with Gasteiger partial charge in [-0.05, 0) is 57.4 Å². The molecule has 0 spiro atoms. The van der Waals surface area contributed by atoms with E-state index in [2.05, 4.69) is 50.9 Å². The Labute approximate surface area is 121 Å². The highest BCUT2D eigenvalue weighted by molar-refractivity contribution is 9.10. The molecule has 1 N–H and O–H groups in total. The summed E-state index contributed by atoms with van der Waals surface area (Å²) < 4.78 is 3.59. The molecule has 2 heterocycles. The Kier molecular flexibility index (Phi) is 2.55. The summed E-state index contributed by atoms with van der Waals surface area (Å²) in [5.74, 6) is 1.24. The number of imidazole rings is 1. The minimum Gasteiger partial charge on any atom is -0.323 e. The molecule has 4 rings (SSSR count). The van der Waals surface area contributed by atoms with Crippen LogP contribution >= 0.6 is 15.9 Å². The number of fused-ring (bicyclic) bond motifs is 1. The van der Waals surface area contributed by atoms with Gasteiger partial charge in [-0.1, -0.05) is 15.9 Å². The molecule has 2 aromatic rings. The summed E-state index contributed by atoms with van der Waals surface area (Å²) in [7, 11) is 0. The van der Waals surface area contributed by atoms with Crippen LogP contribution < -0.4 is 5.32 Å². The minimum absolute atomic E-state index is 0.0497. The highest BCUT2D eigenvalue weighted by Crippen LogP contribution is 2.42. The van der Waals surface area contributed by atoms with Crippen molar-refractivity contribution in [3.63, 3.8) is 0 Å². The molecule has 100 valence electrons. The fourth-order valence-corrected chi connectivity index (χ4v) is 3.60. The lowest BCUT2D eigenvalue weighted by Crippen LogP contribution is -2.36. The summed E-state index contributed by atoms with van der Waals surface area (Å²) in [5.41, 5.74) is 2.45. The third-order valence-corrected chi connectivity index (χ3v) is 4.92. The van der Waals surface area contributed by atoms with Gasteiger partial charge in [0.2, 0.25) is 0 Å². The molecule has 4 heteroatoms. The molecule has 1 aromatic heterocycles. The highest BCUT2D eigenvalue weighted by atomic mass is 79.9. The van der Waals surface area contributed by atoms with E-state index in [4.69, 9.17) is 4.98 Å². The molecule has 1 aliphatic carbocycles. The second-order valence-electron chi connectivity index (χ2n) is 6.03. The van der Waals surface area contributed by atoms with Crippen LogP contribution in [0.2, 0.25) is 0 Å². The van der Waals surface area contributed by atoms with Crippen LogP contribution in [-0.4, -0.2) is 16.1 Å². The van der Waals surface area contributed by atoms with Crippen LogP contribution in [-0.2, 0) is 5.54 Å². The maximum atomic E-state index is 4.96. The molecule has 1 atom stereocenters. The zero-order chi connectivity index (χ0) is 13.0. The Morgan fingerprint density at radius 1 is 1.42 bits per heavy atom. The summed E-state index contributed by atoms with van der Waals surface area (Å²) in [6, 6.07) is 7.13. The largest absolute Gasteiger partial charge is 0.323 e. The summed E-state index contributed by atoms with van der Waals surface area (Å²) >= 11 is 3.55. The van der Waals surface area contributed by atoms with E-state index in [9.17, 15) is 0 Å². The van der Waals surface area contributed by atoms with Crippen molar-refractivity contribution in [2.75, 3.05) is 6.54 Å². The zero-order valence-corrected chi connectivity index (χ0v) is 12.7. The second kappa shape index (κ2) is 4.06. The van der Waals surface area contributed by atoms with E-state index in [-0.39, 0.29) is 5.54 Å². The molecular weight excluding hydrogens is 302 g/mol. The molecule has 0 radical (unpaired) electrons. The maximum absolute atomic E-state index is 4.96. The number of nitrogens with one attached hydrogen (secondary N) is 1. The molecule has 2 fully saturated rings. The molecule has 1 aromatic carbocycles. The van der Waals surface area contributed by atoms with Crippen LogP contribution in [0.3, 0.4) is 0 Å². The van der Waals surface area contributed by atoms with E-state index in [1.807, 2.05) is 0 Å². The van der Waals surface area contributed by atoms with Gasteiger partial charge in [-0.3, -0.25) is 0 Å². The van der Waals surface area contributed by atoms with Crippen molar-refractivity contribution in [3.05, 3.63) is 28.5 Å². The number of rotatable bonds is 2. The molecule has 19 heavy (non-hydrogen) atoms. The summed E-state index contributed by atoms with van der Waals surface area (Å²) in [4.78, 5) is 4.96. The van der Waals surface area contributed by atoms with Crippen molar-refractivity contribution in [3.8, 4) is 0 Å². The van der Waals surface area contributed by atoms with Gasteiger partial charge in [-0.15, -0.1) is 0 Å². The minimum atomic E-state index is 0.0497. The number of benzene rings is 1. The van der Waals surface area contributed by atoms with Crippen molar-refractivity contribution in [2.45, 2.75) is 44.2 Å². The third-order valence-electron chi connectivity index (χ3n) is 4.43. The SMILES string of the molecule is CC1(c2nc3cc(Br)ccc3n2C2CC2)CCCN1. The monoisotopic (exact) mass is 319 g/mol. The van der Waals surface area contributed by atoms with E-state index < -0.39 is 0 Å². The number of nitrogens with zero attached hydrogens (tertiary/aromatic N) is 2. The Hall–Kier alpha value is -0.870. The fraction of sp³-hybridized carbons (Fsp3) is 0.533. The maximum Gasteiger partial charge on any atom is 0.130 e. The molecule has 2 aliphatic rings. The van der Waals surface area contributed by atoms with Gasteiger partial charge < -0.3 is 9.88 Å². The molecular formula is C15H18BrN3. The van der Waals surface area contributed by atoms with Crippen molar-refractivity contribution in [1.29, 1.82) is 0 Å². The Bertz CT molecular complexity index is 636. The first kappa shape index (κ1) is 11.9. The predicted molar refractivity (Wildman–Crippen MR) is 80.3 cm³/mol. The van der Waals surface area contributed by atoms with Gasteiger partial charge in [0, 0.05) is 10.5 Å². The van der Waals surface area contributed by atoms with E-state index in [0.717, 1.165) is 16.5 Å². The molecule has 0 amide bonds. The van der Waals surface area contributed by atoms with Gasteiger partial charge in [-0.25, -0.2) is 4.98 Å². The van der Waals surface area contributed by atoms with E-state index >= 15 is 0 Å². The van der Waals surface area contributed by atoms with Crippen LogP contribution in [0.25, 0.3) is 11.0 Å². The Balaban J connectivity index is 1.96. The van der Waals surface area contributed by atoms with E-state index in [0.29, 0.717) is 6.04 Å². The van der Waals surface area contributed by atoms with E-state index in [1.54, 1.807) is 0 Å². The first-order valence-corrected chi connectivity index (χ1v) is 7.90. The highest BCUT2D eigenvalue weighted by Gasteiger charge is 2.38. The lowest BCUT2D eigenvalue weighted by molar-refractivity contribution is 0.389. The molecule has 1 aliphatic heterocycles. The average molecular weight is 320 g/mol. The third kappa shape index (κ3) is 1.84. The van der Waals surface area contributed by atoms with Crippen LogP contribution in [0.4, 0.5) is 0 Å². The number of hydrogen-bond donors (Lipinski definition) is 1. The first-order valence-electron chi connectivity index (χ1n) is 7.10.